The van der Waals surface area contributed by atoms with Crippen molar-refractivity contribution >= 4 is 11.7 Å². The van der Waals surface area contributed by atoms with Crippen LogP contribution in [-0.2, 0) is 6.54 Å². The lowest BCUT2D eigenvalue weighted by Gasteiger charge is -2.32. The first-order chi connectivity index (χ1) is 13.4. The molecule has 0 radical (unpaired) electrons. The summed E-state index contributed by atoms with van der Waals surface area (Å²) in [4.78, 5) is 16.3. The number of aromatic nitrogens is 3. The highest BCUT2D eigenvalue weighted by molar-refractivity contribution is 5.93. The van der Waals surface area contributed by atoms with Gasteiger partial charge in [0.2, 0.25) is 0 Å². The molecule has 7 nitrogen and oxygen atoms in total. The predicted octanol–water partition coefficient (Wildman–Crippen LogP) is 3.46. The average molecular weight is 391 g/mol. The van der Waals surface area contributed by atoms with Gasteiger partial charge < -0.3 is 15.1 Å². The van der Waals surface area contributed by atoms with Gasteiger partial charge in [0.25, 0.3) is 5.91 Å². The zero-order valence-corrected chi connectivity index (χ0v) is 14.5. The monoisotopic (exact) mass is 391 g/mol. The van der Waals surface area contributed by atoms with Crippen LogP contribution in [0.3, 0.4) is 0 Å². The first-order valence-electron chi connectivity index (χ1n) is 8.55. The van der Waals surface area contributed by atoms with Crippen LogP contribution >= 0.6 is 0 Å². The maximum atomic E-state index is 13.6. The second-order valence-corrected chi connectivity index (χ2v) is 6.40. The van der Waals surface area contributed by atoms with E-state index in [1.807, 2.05) is 0 Å². The van der Waals surface area contributed by atoms with Crippen molar-refractivity contribution in [1.29, 1.82) is 0 Å². The first-order valence-corrected chi connectivity index (χ1v) is 8.55. The van der Waals surface area contributed by atoms with Crippen molar-refractivity contribution in [3.05, 3.63) is 66.0 Å². The summed E-state index contributed by atoms with van der Waals surface area (Å²) >= 11 is 0. The molecule has 1 amide bonds. The van der Waals surface area contributed by atoms with Crippen molar-refractivity contribution < 1.29 is 22.4 Å². The Morgan fingerprint density at radius 3 is 2.79 bits per heavy atom. The Morgan fingerprint density at radius 2 is 2.11 bits per heavy atom. The van der Waals surface area contributed by atoms with E-state index < -0.39 is 24.2 Å². The summed E-state index contributed by atoms with van der Waals surface area (Å²) in [5.41, 5.74) is 0.724. The van der Waals surface area contributed by atoms with Gasteiger partial charge in [-0.2, -0.15) is 18.3 Å². The number of pyridine rings is 1. The molecular formula is C18H16F3N5O2. The summed E-state index contributed by atoms with van der Waals surface area (Å²) in [6, 6.07) is 5.47. The number of carbonyl (C=O) groups is 1. The fourth-order valence-corrected chi connectivity index (χ4v) is 3.13. The summed E-state index contributed by atoms with van der Waals surface area (Å²) in [5.74, 6) is -0.0505. The number of amides is 1. The number of rotatable bonds is 4. The molecule has 2 atom stereocenters. The number of fused-ring (bicyclic) bond motifs is 1. The lowest BCUT2D eigenvalue weighted by Crippen LogP contribution is -2.35. The van der Waals surface area contributed by atoms with E-state index in [0.717, 1.165) is 10.2 Å². The number of hydrogen-bond donors (Lipinski definition) is 2. The minimum atomic E-state index is -4.52. The van der Waals surface area contributed by atoms with Crippen LogP contribution in [0.4, 0.5) is 19.0 Å². The van der Waals surface area contributed by atoms with Crippen molar-refractivity contribution in [1.82, 2.24) is 20.1 Å². The lowest BCUT2D eigenvalue weighted by molar-refractivity contribution is -0.174. The average Bonchev–Trinajstić information content (AvgIpc) is 3.34. The number of hydrogen-bond acceptors (Lipinski definition) is 5. The van der Waals surface area contributed by atoms with Crippen LogP contribution in [0.25, 0.3) is 0 Å². The molecule has 28 heavy (non-hydrogen) atoms. The molecule has 0 unspecified atom stereocenters. The third kappa shape index (κ3) is 3.57. The lowest BCUT2D eigenvalue weighted by atomic mass is 10.0. The van der Waals surface area contributed by atoms with Crippen LogP contribution in [0, 0.1) is 0 Å². The normalized spacial score (nSPS) is 19.0. The highest BCUT2D eigenvalue weighted by Crippen LogP contribution is 2.43. The van der Waals surface area contributed by atoms with Crippen LogP contribution in [0.2, 0.25) is 0 Å². The number of alkyl halides is 3. The molecule has 2 N–H and O–H groups in total. The molecule has 0 saturated heterocycles. The summed E-state index contributed by atoms with van der Waals surface area (Å²) in [6.07, 6.45) is -0.224. The van der Waals surface area contributed by atoms with Crippen molar-refractivity contribution in [2.24, 2.45) is 0 Å². The summed E-state index contributed by atoms with van der Waals surface area (Å²) < 4.78 is 46.8. The molecule has 0 aliphatic carbocycles. The maximum Gasteiger partial charge on any atom is 0.410 e. The Bertz CT molecular complexity index is 954. The molecule has 1 aliphatic heterocycles. The quantitative estimate of drug-likeness (QED) is 0.712. The van der Waals surface area contributed by atoms with E-state index >= 15 is 0 Å². The topological polar surface area (TPSA) is 85.0 Å². The molecule has 0 aromatic carbocycles. The third-order valence-electron chi connectivity index (χ3n) is 4.51. The van der Waals surface area contributed by atoms with E-state index in [9.17, 15) is 18.0 Å². The minimum absolute atomic E-state index is 0.0918. The minimum Gasteiger partial charge on any atom is -0.467 e. The third-order valence-corrected chi connectivity index (χ3v) is 4.51. The summed E-state index contributed by atoms with van der Waals surface area (Å²) in [5, 5.41) is 9.52. The van der Waals surface area contributed by atoms with Gasteiger partial charge in [0.15, 0.2) is 11.7 Å². The summed E-state index contributed by atoms with van der Waals surface area (Å²) in [7, 11) is 0. The van der Waals surface area contributed by atoms with Crippen LogP contribution in [-0.4, -0.2) is 26.8 Å². The van der Waals surface area contributed by atoms with Crippen molar-refractivity contribution in [2.45, 2.75) is 31.2 Å². The fourth-order valence-electron chi connectivity index (χ4n) is 3.13. The number of furan rings is 1. The SMILES string of the molecule is O=C(NCc1ccncc1)c1cc2n(n1)[C@@H](C(F)(F)F)C[C@H](c1ccco1)N2. The van der Waals surface area contributed by atoms with E-state index in [1.165, 1.54) is 12.3 Å². The van der Waals surface area contributed by atoms with E-state index in [4.69, 9.17) is 4.42 Å². The highest BCUT2D eigenvalue weighted by atomic mass is 19.4. The standard InChI is InChI=1S/C18H16F3N5O2/c19-18(20,21)15-8-12(14-2-1-7-28-14)24-16-9-13(25-26(15)16)17(27)23-10-11-3-5-22-6-4-11/h1-7,9,12,15,24H,8,10H2,(H,23,27)/t12-,15-/m1/s1. The Labute approximate surface area is 157 Å². The van der Waals surface area contributed by atoms with Crippen LogP contribution < -0.4 is 10.6 Å². The Morgan fingerprint density at radius 1 is 1.32 bits per heavy atom. The summed E-state index contributed by atoms with van der Waals surface area (Å²) in [6.45, 7) is 0.217. The van der Waals surface area contributed by atoms with Gasteiger partial charge in [-0.3, -0.25) is 9.78 Å². The van der Waals surface area contributed by atoms with Crippen LogP contribution in [0.15, 0.2) is 53.4 Å². The van der Waals surface area contributed by atoms with Crippen LogP contribution in [0.5, 0.6) is 0 Å². The molecule has 0 spiro atoms. The van der Waals surface area contributed by atoms with Gasteiger partial charge in [-0.25, -0.2) is 4.68 Å². The van der Waals surface area contributed by atoms with E-state index in [1.54, 1.807) is 36.7 Å². The van der Waals surface area contributed by atoms with Crippen molar-refractivity contribution in [3.8, 4) is 0 Å². The maximum absolute atomic E-state index is 13.6. The molecule has 4 heterocycles. The first kappa shape index (κ1) is 18.1. The number of carbonyl (C=O) groups excluding carboxylic acids is 1. The molecule has 4 rings (SSSR count). The molecule has 0 saturated carbocycles. The molecule has 3 aromatic rings. The van der Waals surface area contributed by atoms with Crippen LogP contribution in [0.1, 0.15) is 40.3 Å². The highest BCUT2D eigenvalue weighted by Gasteiger charge is 2.47. The number of nitrogens with one attached hydrogen (secondary N) is 2. The van der Waals surface area contributed by atoms with Crippen molar-refractivity contribution in [3.63, 3.8) is 0 Å². The zero-order valence-electron chi connectivity index (χ0n) is 14.5. The smallest absolute Gasteiger partial charge is 0.410 e. The molecule has 10 heteroatoms. The van der Waals surface area contributed by atoms with Gasteiger partial charge in [0, 0.05) is 31.4 Å². The molecule has 0 fully saturated rings. The largest absolute Gasteiger partial charge is 0.467 e. The van der Waals surface area contributed by atoms with Gasteiger partial charge in [0.1, 0.15) is 11.6 Å². The van der Waals surface area contributed by atoms with Gasteiger partial charge >= 0.3 is 6.18 Å². The Hall–Kier alpha value is -3.30. The van der Waals surface area contributed by atoms with Crippen molar-refractivity contribution in [2.75, 3.05) is 5.32 Å². The molecule has 0 bridgehead atoms. The molecule has 146 valence electrons. The number of anilines is 1. The fraction of sp³-hybridized carbons (Fsp3) is 0.278. The molecular weight excluding hydrogens is 375 g/mol. The zero-order chi connectivity index (χ0) is 19.7. The predicted molar refractivity (Wildman–Crippen MR) is 92.4 cm³/mol. The molecule has 1 aliphatic rings. The Kier molecular flexibility index (Phi) is 4.54. The second-order valence-electron chi connectivity index (χ2n) is 6.40. The van der Waals surface area contributed by atoms with Gasteiger partial charge in [-0.05, 0) is 29.8 Å². The van der Waals surface area contributed by atoms with E-state index in [0.29, 0.717) is 5.76 Å². The second kappa shape index (κ2) is 7.02. The van der Waals surface area contributed by atoms with E-state index in [2.05, 4.69) is 20.7 Å². The number of halogens is 3. The van der Waals surface area contributed by atoms with Gasteiger partial charge in [0.05, 0.1) is 12.3 Å². The van der Waals surface area contributed by atoms with Gasteiger partial charge in [-0.1, -0.05) is 0 Å². The van der Waals surface area contributed by atoms with E-state index in [-0.39, 0.29) is 24.5 Å². The van der Waals surface area contributed by atoms with Gasteiger partial charge in [-0.15, -0.1) is 0 Å². The Balaban J connectivity index is 1.57. The molecule has 3 aromatic heterocycles. The number of nitrogens with zero attached hydrogens (tertiary/aromatic N) is 3.